The molecule has 0 radical (unpaired) electrons. The van der Waals surface area contributed by atoms with Crippen LogP contribution in [0.1, 0.15) is 75.5 Å². The molecule has 0 nitrogen and oxygen atoms in total. The summed E-state index contributed by atoms with van der Waals surface area (Å²) in [4.78, 5) is 0. The molecule has 0 heterocycles. The van der Waals surface area contributed by atoms with Crippen molar-refractivity contribution in [3.8, 4) is 33.4 Å². The average Bonchev–Trinajstić information content (AvgIpc) is 3.23. The van der Waals surface area contributed by atoms with Crippen LogP contribution in [0.15, 0.2) is 152 Å². The fraction of sp³-hybridized carbons (Fsp3) is 0.214. The minimum absolute atomic E-state index is 0.0259. The van der Waals surface area contributed by atoms with Crippen LogP contribution in [0.3, 0.4) is 0 Å². The van der Waals surface area contributed by atoms with Gasteiger partial charge >= 0.3 is 0 Å². The highest BCUT2D eigenvalue weighted by atomic mass is 14.4. The second kappa shape index (κ2) is 14.1. The monoisotopic (exact) mass is 722 g/mol. The van der Waals surface area contributed by atoms with Crippen molar-refractivity contribution < 1.29 is 0 Å². The number of hydrogen-bond acceptors (Lipinski definition) is 0. The molecule has 2 aliphatic carbocycles. The zero-order chi connectivity index (χ0) is 37.8. The van der Waals surface area contributed by atoms with Gasteiger partial charge in [0.2, 0.25) is 0 Å². The fourth-order valence-corrected chi connectivity index (χ4v) is 9.94. The smallest absolute Gasteiger partial charge is 0.00961 e. The van der Waals surface area contributed by atoms with Crippen molar-refractivity contribution in [2.24, 2.45) is 5.92 Å². The van der Waals surface area contributed by atoms with Crippen LogP contribution in [0.4, 0.5) is 0 Å². The number of rotatable bonds is 7. The van der Waals surface area contributed by atoms with E-state index < -0.39 is 0 Å². The van der Waals surface area contributed by atoms with E-state index in [1.165, 1.54) is 112 Å². The molecule has 2 atom stereocenters. The molecule has 0 saturated heterocycles. The van der Waals surface area contributed by atoms with E-state index in [9.17, 15) is 0 Å². The maximum atomic E-state index is 2.48. The van der Waals surface area contributed by atoms with Gasteiger partial charge in [-0.25, -0.2) is 0 Å². The van der Waals surface area contributed by atoms with E-state index in [-0.39, 0.29) is 5.41 Å². The highest BCUT2D eigenvalue weighted by Crippen LogP contribution is 2.46. The molecule has 10 rings (SSSR count). The van der Waals surface area contributed by atoms with Gasteiger partial charge < -0.3 is 0 Å². The van der Waals surface area contributed by atoms with Crippen LogP contribution < -0.4 is 10.4 Å². The molecule has 1 saturated carbocycles. The van der Waals surface area contributed by atoms with Crippen molar-refractivity contribution >= 4 is 44.5 Å². The molecule has 0 amide bonds. The Bertz CT molecular complexity index is 2910. The Morgan fingerprint density at radius 2 is 1.11 bits per heavy atom. The first-order valence-corrected chi connectivity index (χ1v) is 20.9. The first-order chi connectivity index (χ1) is 27.4. The minimum atomic E-state index is -0.0259. The number of aryl methyl sites for hydroxylation is 1. The lowest BCUT2D eigenvalue weighted by Crippen LogP contribution is -2.28. The van der Waals surface area contributed by atoms with E-state index in [1.807, 2.05) is 0 Å². The lowest BCUT2D eigenvalue weighted by Gasteiger charge is -2.37. The van der Waals surface area contributed by atoms with Gasteiger partial charge in [-0.15, -0.1) is 0 Å². The minimum Gasteiger partial charge on any atom is -0.0757 e. The van der Waals surface area contributed by atoms with E-state index in [2.05, 4.69) is 185 Å². The van der Waals surface area contributed by atoms with Gasteiger partial charge in [-0.1, -0.05) is 172 Å². The molecular formula is C56H50. The molecule has 0 N–H and O–H groups in total. The highest BCUT2D eigenvalue weighted by Gasteiger charge is 2.32. The SMILES string of the molecule is CC(C)(C)c1cc(-c2cccc(-c3cccc(C4CCC4CCc4cccc5ccccc45)c3)c2)ccc1-c1ccc2c(c1)c1c(c3ccccc32)=CCCC=1. The first kappa shape index (κ1) is 34.7. The van der Waals surface area contributed by atoms with E-state index in [0.717, 1.165) is 25.2 Å². The van der Waals surface area contributed by atoms with Crippen molar-refractivity contribution in [2.45, 2.75) is 70.6 Å². The number of fused-ring (bicyclic) bond motifs is 7. The van der Waals surface area contributed by atoms with Crippen LogP contribution in [0.2, 0.25) is 0 Å². The maximum Gasteiger partial charge on any atom is -0.00961 e. The van der Waals surface area contributed by atoms with Crippen molar-refractivity contribution in [1.29, 1.82) is 0 Å². The predicted octanol–water partition coefficient (Wildman–Crippen LogP) is 13.9. The largest absolute Gasteiger partial charge is 0.0757 e. The summed E-state index contributed by atoms with van der Waals surface area (Å²) in [5.41, 5.74) is 12.1. The highest BCUT2D eigenvalue weighted by molar-refractivity contribution is 6.09. The van der Waals surface area contributed by atoms with E-state index >= 15 is 0 Å². The summed E-state index contributed by atoms with van der Waals surface area (Å²) < 4.78 is 0. The van der Waals surface area contributed by atoms with Crippen molar-refractivity contribution in [3.05, 3.63) is 179 Å². The number of hydrogen-bond donors (Lipinski definition) is 0. The van der Waals surface area contributed by atoms with E-state index in [4.69, 9.17) is 0 Å². The summed E-state index contributed by atoms with van der Waals surface area (Å²) in [6.07, 6.45) is 12.1. The zero-order valence-corrected chi connectivity index (χ0v) is 33.0. The molecule has 0 heteroatoms. The van der Waals surface area contributed by atoms with Gasteiger partial charge in [0.05, 0.1) is 0 Å². The summed E-state index contributed by atoms with van der Waals surface area (Å²) >= 11 is 0. The predicted molar refractivity (Wildman–Crippen MR) is 242 cm³/mol. The first-order valence-electron chi connectivity index (χ1n) is 20.9. The molecule has 0 aliphatic heterocycles. The Morgan fingerprint density at radius 1 is 0.482 bits per heavy atom. The van der Waals surface area contributed by atoms with Crippen LogP contribution in [0.5, 0.6) is 0 Å². The standard InChI is InChI=1S/C56H50/c1-56(2,3)55-36-43(28-31-48(55)45-29-32-53-51-23-7-6-21-49(51)50-22-8-9-24-52(50)54(53)35-45)41-17-11-16-40(33-41)42-18-12-19-44(34-42)47-30-27-39(47)26-25-38-15-10-14-37-13-4-5-20-46(37)38/h4-7,10-24,28-29,31-36,39,47H,8-9,25-27,30H2,1-3H3. The Hall–Kier alpha value is -5.72. The lowest BCUT2D eigenvalue weighted by atomic mass is 9.67. The third kappa shape index (κ3) is 6.26. The third-order valence-corrected chi connectivity index (χ3v) is 13.0. The molecule has 0 spiro atoms. The lowest BCUT2D eigenvalue weighted by molar-refractivity contribution is 0.239. The average molecular weight is 723 g/mol. The molecule has 0 aromatic heterocycles. The fourth-order valence-electron chi connectivity index (χ4n) is 9.94. The molecule has 8 aromatic carbocycles. The Morgan fingerprint density at radius 3 is 1.88 bits per heavy atom. The van der Waals surface area contributed by atoms with Gasteiger partial charge in [0.1, 0.15) is 0 Å². The van der Waals surface area contributed by atoms with Gasteiger partial charge in [-0.2, -0.15) is 0 Å². The van der Waals surface area contributed by atoms with Crippen LogP contribution in [-0.2, 0) is 11.8 Å². The van der Waals surface area contributed by atoms with Crippen molar-refractivity contribution in [2.75, 3.05) is 0 Å². The van der Waals surface area contributed by atoms with E-state index in [0.29, 0.717) is 5.92 Å². The molecular weight excluding hydrogens is 673 g/mol. The Balaban J connectivity index is 0.951. The van der Waals surface area contributed by atoms with Crippen LogP contribution >= 0.6 is 0 Å². The second-order valence-corrected chi connectivity index (χ2v) is 17.5. The topological polar surface area (TPSA) is 0 Å². The molecule has 1 fully saturated rings. The summed E-state index contributed by atoms with van der Waals surface area (Å²) in [5.74, 6) is 1.39. The summed E-state index contributed by atoms with van der Waals surface area (Å²) in [6.45, 7) is 7.06. The third-order valence-electron chi connectivity index (χ3n) is 13.0. The van der Waals surface area contributed by atoms with Gasteiger partial charge in [0.15, 0.2) is 0 Å². The maximum absolute atomic E-state index is 2.48. The van der Waals surface area contributed by atoms with Gasteiger partial charge in [-0.3, -0.25) is 0 Å². The normalized spacial score (nSPS) is 16.6. The van der Waals surface area contributed by atoms with Crippen LogP contribution in [-0.4, -0.2) is 0 Å². The second-order valence-electron chi connectivity index (χ2n) is 17.5. The summed E-state index contributed by atoms with van der Waals surface area (Å²) in [7, 11) is 0. The molecule has 0 bridgehead atoms. The van der Waals surface area contributed by atoms with Gasteiger partial charge in [-0.05, 0) is 161 Å². The molecule has 8 aromatic rings. The summed E-state index contributed by atoms with van der Waals surface area (Å²) in [6, 6.07) is 57.6. The van der Waals surface area contributed by atoms with Crippen LogP contribution in [0, 0.1) is 5.92 Å². The molecule has 2 aliphatic rings. The molecule has 2 unspecified atom stereocenters. The zero-order valence-electron chi connectivity index (χ0n) is 33.0. The number of benzene rings is 8. The Labute approximate surface area is 331 Å². The molecule has 274 valence electrons. The van der Waals surface area contributed by atoms with Crippen molar-refractivity contribution in [3.63, 3.8) is 0 Å². The molecule has 56 heavy (non-hydrogen) atoms. The summed E-state index contributed by atoms with van der Waals surface area (Å²) in [5, 5.41) is 11.0. The van der Waals surface area contributed by atoms with Gasteiger partial charge in [0, 0.05) is 0 Å². The van der Waals surface area contributed by atoms with Crippen LogP contribution in [0.25, 0.3) is 77.9 Å². The van der Waals surface area contributed by atoms with Crippen molar-refractivity contribution in [1.82, 2.24) is 0 Å². The Kier molecular flexibility index (Phi) is 8.74. The van der Waals surface area contributed by atoms with Gasteiger partial charge in [0.25, 0.3) is 0 Å². The quantitative estimate of drug-likeness (QED) is 0.144. The van der Waals surface area contributed by atoms with E-state index in [1.54, 1.807) is 0 Å².